The fourth-order valence-corrected chi connectivity index (χ4v) is 3.29. The van der Waals surface area contributed by atoms with E-state index in [4.69, 9.17) is 5.11 Å². The van der Waals surface area contributed by atoms with E-state index in [-0.39, 0.29) is 22.3 Å². The first-order valence-corrected chi connectivity index (χ1v) is 8.76. The Labute approximate surface area is 157 Å². The number of halogens is 1. The van der Waals surface area contributed by atoms with E-state index < -0.39 is 11.8 Å². The molecular weight excluding hydrogens is 343 g/mol. The number of hydrogen-bond donors (Lipinski definition) is 1. The van der Waals surface area contributed by atoms with Crippen molar-refractivity contribution in [2.75, 3.05) is 0 Å². The molecule has 0 unspecified atom stereocenters. The molecule has 3 nitrogen and oxygen atoms in total. The Kier molecular flexibility index (Phi) is 4.83. The second kappa shape index (κ2) is 6.95. The highest BCUT2D eigenvalue weighted by molar-refractivity contribution is 6.07. The molecule has 0 bridgehead atoms. The predicted molar refractivity (Wildman–Crippen MR) is 104 cm³/mol. The Morgan fingerprint density at radius 1 is 1.11 bits per heavy atom. The summed E-state index contributed by atoms with van der Waals surface area (Å²) in [6.07, 6.45) is 5.83. The van der Waals surface area contributed by atoms with Crippen molar-refractivity contribution >= 4 is 23.4 Å². The number of benzene rings is 2. The highest BCUT2D eigenvalue weighted by Gasteiger charge is 2.27. The van der Waals surface area contributed by atoms with Gasteiger partial charge in [-0.1, -0.05) is 38.1 Å². The van der Waals surface area contributed by atoms with Gasteiger partial charge in [0.2, 0.25) is 0 Å². The van der Waals surface area contributed by atoms with Crippen molar-refractivity contribution in [3.05, 3.63) is 82.2 Å². The molecule has 0 saturated heterocycles. The molecule has 0 aromatic heterocycles. The van der Waals surface area contributed by atoms with Gasteiger partial charge < -0.3 is 5.11 Å². The number of aromatic carboxylic acids is 1. The van der Waals surface area contributed by atoms with Crippen LogP contribution in [0.15, 0.2) is 48.6 Å². The fourth-order valence-electron chi connectivity index (χ4n) is 3.29. The first-order chi connectivity index (χ1) is 12.7. The molecule has 0 spiro atoms. The van der Waals surface area contributed by atoms with Gasteiger partial charge in [0, 0.05) is 11.1 Å². The molecule has 2 aromatic rings. The number of carbonyl (C=O) groups is 2. The zero-order valence-corrected chi connectivity index (χ0v) is 15.5. The number of rotatable bonds is 4. The molecule has 138 valence electrons. The summed E-state index contributed by atoms with van der Waals surface area (Å²) in [7, 11) is 0. The van der Waals surface area contributed by atoms with Gasteiger partial charge in [-0.2, -0.15) is 0 Å². The molecule has 0 saturated carbocycles. The topological polar surface area (TPSA) is 54.4 Å². The van der Waals surface area contributed by atoms with Crippen LogP contribution in [-0.4, -0.2) is 16.9 Å². The zero-order valence-electron chi connectivity index (χ0n) is 15.5. The molecule has 27 heavy (non-hydrogen) atoms. The molecule has 0 radical (unpaired) electrons. The first-order valence-electron chi connectivity index (χ1n) is 8.76. The molecular formula is C23H21FO3. The van der Waals surface area contributed by atoms with Crippen molar-refractivity contribution in [1.82, 2.24) is 0 Å². The van der Waals surface area contributed by atoms with Crippen LogP contribution in [0.2, 0.25) is 0 Å². The third kappa shape index (κ3) is 3.75. The minimum atomic E-state index is -1.19. The monoisotopic (exact) mass is 364 g/mol. The van der Waals surface area contributed by atoms with Crippen molar-refractivity contribution in [2.45, 2.75) is 32.6 Å². The number of carboxylic acids is 1. The van der Waals surface area contributed by atoms with Gasteiger partial charge in [-0.05, 0) is 65.8 Å². The van der Waals surface area contributed by atoms with Crippen molar-refractivity contribution in [2.24, 2.45) is 0 Å². The molecule has 0 atom stereocenters. The second-order valence-corrected chi connectivity index (χ2v) is 7.47. The summed E-state index contributed by atoms with van der Waals surface area (Å²) in [6.45, 7) is 6.37. The van der Waals surface area contributed by atoms with E-state index in [1.165, 1.54) is 29.9 Å². The lowest BCUT2D eigenvalue weighted by molar-refractivity contribution is 0.0696. The summed E-state index contributed by atoms with van der Waals surface area (Å²) in [5.74, 6) is -2.09. The molecule has 0 fully saturated rings. The average Bonchev–Trinajstić information content (AvgIpc) is 2.63. The predicted octanol–water partition coefficient (Wildman–Crippen LogP) is 5.50. The Morgan fingerprint density at radius 3 is 2.48 bits per heavy atom. The lowest BCUT2D eigenvalue weighted by Gasteiger charge is -2.31. The number of fused-ring (bicyclic) bond motifs is 1. The summed E-state index contributed by atoms with van der Waals surface area (Å²) in [5.41, 5.74) is 4.05. The maximum absolute atomic E-state index is 14.0. The lowest BCUT2D eigenvalue weighted by Crippen LogP contribution is -2.21. The third-order valence-corrected chi connectivity index (χ3v) is 5.04. The van der Waals surface area contributed by atoms with E-state index in [9.17, 15) is 14.0 Å². The molecule has 4 heteroatoms. The summed E-state index contributed by atoms with van der Waals surface area (Å²) in [6, 6.07) is 9.28. The number of carboxylic acid groups (broad SMARTS) is 1. The highest BCUT2D eigenvalue weighted by atomic mass is 19.1. The van der Waals surface area contributed by atoms with E-state index >= 15 is 0 Å². The molecule has 2 aromatic carbocycles. The summed E-state index contributed by atoms with van der Waals surface area (Å²) in [4.78, 5) is 23.4. The van der Waals surface area contributed by atoms with Crippen molar-refractivity contribution < 1.29 is 19.1 Å². The lowest BCUT2D eigenvalue weighted by atomic mass is 9.73. The zero-order chi connectivity index (χ0) is 19.8. The van der Waals surface area contributed by atoms with Gasteiger partial charge in [-0.3, -0.25) is 4.79 Å². The number of hydrogen-bond acceptors (Lipinski definition) is 2. The SMILES string of the molecule is CC1=CCC(C)(C)c2cc(C(=O)C=Cc3ccc(C(=O)O)cc3F)ccc21. The van der Waals surface area contributed by atoms with Crippen LogP contribution in [0.4, 0.5) is 4.39 Å². The molecule has 1 aliphatic carbocycles. The first kappa shape index (κ1) is 18.8. The van der Waals surface area contributed by atoms with Crippen LogP contribution in [0.1, 0.15) is 64.6 Å². The van der Waals surface area contributed by atoms with Crippen molar-refractivity contribution in [3.63, 3.8) is 0 Å². The fraction of sp³-hybridized carbons (Fsp3) is 0.217. The van der Waals surface area contributed by atoms with Crippen molar-refractivity contribution in [1.29, 1.82) is 0 Å². The van der Waals surface area contributed by atoms with Crippen LogP contribution < -0.4 is 0 Å². The second-order valence-electron chi connectivity index (χ2n) is 7.47. The maximum atomic E-state index is 14.0. The van der Waals surface area contributed by atoms with Crippen LogP contribution in [0, 0.1) is 5.82 Å². The average molecular weight is 364 g/mol. The molecule has 0 amide bonds. The number of allylic oxidation sites excluding steroid dienone is 3. The molecule has 3 rings (SSSR count). The number of ketones is 1. The Balaban J connectivity index is 1.88. The normalized spacial score (nSPS) is 15.3. The van der Waals surface area contributed by atoms with E-state index in [0.717, 1.165) is 23.6 Å². The highest BCUT2D eigenvalue weighted by Crippen LogP contribution is 2.39. The summed E-state index contributed by atoms with van der Waals surface area (Å²) in [5, 5.41) is 8.88. The Hall–Kier alpha value is -3.01. The van der Waals surface area contributed by atoms with Gasteiger partial charge in [0.1, 0.15) is 5.82 Å². The van der Waals surface area contributed by atoms with Gasteiger partial charge in [0.25, 0.3) is 0 Å². The van der Waals surface area contributed by atoms with Gasteiger partial charge in [-0.25, -0.2) is 9.18 Å². The maximum Gasteiger partial charge on any atom is 0.335 e. The van der Waals surface area contributed by atoms with E-state index in [1.807, 2.05) is 12.1 Å². The quantitative estimate of drug-likeness (QED) is 0.575. The van der Waals surface area contributed by atoms with Gasteiger partial charge in [0.05, 0.1) is 5.56 Å². The standard InChI is InChI=1S/C23H21FO3/c1-14-10-11-23(2,3)19-12-16(6-8-18(14)19)21(25)9-7-15-4-5-17(22(26)27)13-20(15)24/h4-10,12-13H,11H2,1-3H3,(H,26,27). The molecule has 1 aliphatic rings. The van der Waals surface area contributed by atoms with Crippen LogP contribution >= 0.6 is 0 Å². The summed E-state index contributed by atoms with van der Waals surface area (Å²) >= 11 is 0. The van der Waals surface area contributed by atoms with E-state index in [2.05, 4.69) is 26.8 Å². The van der Waals surface area contributed by atoms with Crippen LogP contribution in [0.25, 0.3) is 11.6 Å². The van der Waals surface area contributed by atoms with Crippen LogP contribution in [-0.2, 0) is 5.41 Å². The van der Waals surface area contributed by atoms with E-state index in [1.54, 1.807) is 6.07 Å². The molecule has 0 aliphatic heterocycles. The minimum absolute atomic E-state index is 0.0480. The minimum Gasteiger partial charge on any atom is -0.478 e. The van der Waals surface area contributed by atoms with Gasteiger partial charge >= 0.3 is 5.97 Å². The molecule has 0 heterocycles. The summed E-state index contributed by atoms with van der Waals surface area (Å²) < 4.78 is 14.0. The smallest absolute Gasteiger partial charge is 0.335 e. The molecule has 1 N–H and O–H groups in total. The Morgan fingerprint density at radius 2 is 1.81 bits per heavy atom. The van der Waals surface area contributed by atoms with Gasteiger partial charge in [0.15, 0.2) is 5.78 Å². The van der Waals surface area contributed by atoms with Crippen LogP contribution in [0.3, 0.4) is 0 Å². The third-order valence-electron chi connectivity index (χ3n) is 5.04. The van der Waals surface area contributed by atoms with Gasteiger partial charge in [-0.15, -0.1) is 0 Å². The largest absolute Gasteiger partial charge is 0.478 e. The van der Waals surface area contributed by atoms with Crippen LogP contribution in [0.5, 0.6) is 0 Å². The van der Waals surface area contributed by atoms with Crippen molar-refractivity contribution in [3.8, 4) is 0 Å². The number of carbonyl (C=O) groups excluding carboxylic acids is 1. The Bertz CT molecular complexity index is 997. The van der Waals surface area contributed by atoms with E-state index in [0.29, 0.717) is 5.56 Å².